The molecule has 2 aromatic carbocycles. The molecule has 100 valence electrons. The Morgan fingerprint density at radius 2 is 1.45 bits per heavy atom. The number of aryl methyl sites for hydroxylation is 2. The molecular formula is C17H14FNS. The first-order chi connectivity index (χ1) is 9.63. The number of aromatic nitrogens is 1. The van der Waals surface area contributed by atoms with Crippen molar-refractivity contribution < 1.29 is 4.39 Å². The van der Waals surface area contributed by atoms with Gasteiger partial charge in [-0.2, -0.15) is 0 Å². The molecule has 0 amide bonds. The van der Waals surface area contributed by atoms with Crippen molar-refractivity contribution in [2.24, 2.45) is 0 Å². The summed E-state index contributed by atoms with van der Waals surface area (Å²) >= 11 is 1.64. The minimum Gasteiger partial charge on any atom is -0.241 e. The summed E-state index contributed by atoms with van der Waals surface area (Å²) in [5.41, 5.74) is 4.30. The van der Waals surface area contributed by atoms with Gasteiger partial charge in [0.15, 0.2) is 0 Å². The normalized spacial score (nSPS) is 10.8. The molecular weight excluding hydrogens is 269 g/mol. The second-order valence-corrected chi connectivity index (χ2v) is 5.99. The van der Waals surface area contributed by atoms with Crippen LogP contribution in [-0.4, -0.2) is 4.98 Å². The van der Waals surface area contributed by atoms with Crippen LogP contribution in [0, 0.1) is 19.7 Å². The van der Waals surface area contributed by atoms with E-state index in [2.05, 4.69) is 36.2 Å². The summed E-state index contributed by atoms with van der Waals surface area (Å²) in [6.07, 6.45) is 0. The molecule has 3 aromatic rings. The average Bonchev–Trinajstić information content (AvgIpc) is 2.82. The first-order valence-corrected chi connectivity index (χ1v) is 7.25. The van der Waals surface area contributed by atoms with Crippen molar-refractivity contribution in [3.63, 3.8) is 0 Å². The van der Waals surface area contributed by atoms with Crippen LogP contribution in [0.3, 0.4) is 0 Å². The van der Waals surface area contributed by atoms with Crippen LogP contribution >= 0.6 is 11.3 Å². The van der Waals surface area contributed by atoms with E-state index in [4.69, 9.17) is 0 Å². The molecule has 0 saturated carbocycles. The van der Waals surface area contributed by atoms with Gasteiger partial charge in [-0.15, -0.1) is 11.3 Å². The van der Waals surface area contributed by atoms with Gasteiger partial charge in [-0.1, -0.05) is 42.0 Å². The number of rotatable bonds is 2. The van der Waals surface area contributed by atoms with E-state index < -0.39 is 0 Å². The molecule has 20 heavy (non-hydrogen) atoms. The van der Waals surface area contributed by atoms with Crippen molar-refractivity contribution in [3.05, 3.63) is 64.9 Å². The molecule has 0 spiro atoms. The Morgan fingerprint density at radius 3 is 2.10 bits per heavy atom. The first-order valence-electron chi connectivity index (χ1n) is 6.44. The molecule has 1 aromatic heterocycles. The van der Waals surface area contributed by atoms with Crippen LogP contribution in [0.1, 0.15) is 10.6 Å². The standard InChI is InChI=1S/C17H14FNS/c1-11-3-5-13(6-4-11)16-17(20-12(2)19-16)14-7-9-15(18)10-8-14/h3-10H,1-2H3. The SMILES string of the molecule is Cc1ccc(-c2nc(C)sc2-c2ccc(F)cc2)cc1. The van der Waals surface area contributed by atoms with Crippen LogP contribution in [0.5, 0.6) is 0 Å². The van der Waals surface area contributed by atoms with E-state index in [0.29, 0.717) is 0 Å². The van der Waals surface area contributed by atoms with Gasteiger partial charge in [-0.3, -0.25) is 0 Å². The third-order valence-corrected chi connectivity index (χ3v) is 4.19. The van der Waals surface area contributed by atoms with Gasteiger partial charge in [0.25, 0.3) is 0 Å². The third kappa shape index (κ3) is 2.49. The number of hydrogen-bond donors (Lipinski definition) is 0. The van der Waals surface area contributed by atoms with Crippen molar-refractivity contribution in [1.82, 2.24) is 4.98 Å². The lowest BCUT2D eigenvalue weighted by atomic mass is 10.1. The topological polar surface area (TPSA) is 12.9 Å². The molecule has 1 nitrogen and oxygen atoms in total. The summed E-state index contributed by atoms with van der Waals surface area (Å²) < 4.78 is 13.1. The second kappa shape index (κ2) is 5.17. The fraction of sp³-hybridized carbons (Fsp3) is 0.118. The van der Waals surface area contributed by atoms with Gasteiger partial charge in [-0.25, -0.2) is 9.37 Å². The van der Waals surface area contributed by atoms with Gasteiger partial charge in [0.2, 0.25) is 0 Å². The van der Waals surface area contributed by atoms with E-state index in [1.807, 2.05) is 6.92 Å². The Balaban J connectivity index is 2.12. The van der Waals surface area contributed by atoms with Crippen LogP contribution in [0.2, 0.25) is 0 Å². The van der Waals surface area contributed by atoms with Crippen molar-refractivity contribution in [2.45, 2.75) is 13.8 Å². The van der Waals surface area contributed by atoms with Gasteiger partial charge in [0, 0.05) is 5.56 Å². The van der Waals surface area contributed by atoms with Gasteiger partial charge >= 0.3 is 0 Å². The number of thiazole rings is 1. The second-order valence-electron chi connectivity index (χ2n) is 4.78. The van der Waals surface area contributed by atoms with Gasteiger partial charge in [0.05, 0.1) is 15.6 Å². The van der Waals surface area contributed by atoms with Crippen molar-refractivity contribution in [3.8, 4) is 21.7 Å². The van der Waals surface area contributed by atoms with Crippen LogP contribution in [0.4, 0.5) is 4.39 Å². The Bertz CT molecular complexity index is 664. The van der Waals surface area contributed by atoms with Crippen molar-refractivity contribution in [2.75, 3.05) is 0 Å². The number of halogens is 1. The van der Waals surface area contributed by atoms with Crippen LogP contribution in [-0.2, 0) is 0 Å². The number of benzene rings is 2. The minimum absolute atomic E-state index is 0.216. The molecule has 0 radical (unpaired) electrons. The maximum atomic E-state index is 13.1. The smallest absolute Gasteiger partial charge is 0.123 e. The molecule has 1 heterocycles. The lowest BCUT2D eigenvalue weighted by molar-refractivity contribution is 0.628. The summed E-state index contributed by atoms with van der Waals surface area (Å²) in [4.78, 5) is 5.72. The molecule has 0 N–H and O–H groups in total. The molecule has 0 atom stereocenters. The van der Waals surface area contributed by atoms with Gasteiger partial charge in [0.1, 0.15) is 5.82 Å². The van der Waals surface area contributed by atoms with Crippen LogP contribution < -0.4 is 0 Å². The molecule has 0 aliphatic carbocycles. The molecule has 0 fully saturated rings. The largest absolute Gasteiger partial charge is 0.241 e. The van der Waals surface area contributed by atoms with E-state index in [0.717, 1.165) is 26.7 Å². The van der Waals surface area contributed by atoms with E-state index in [9.17, 15) is 4.39 Å². The number of hydrogen-bond acceptors (Lipinski definition) is 2. The highest BCUT2D eigenvalue weighted by atomic mass is 32.1. The van der Waals surface area contributed by atoms with E-state index in [1.54, 1.807) is 23.5 Å². The molecule has 0 aliphatic heterocycles. The zero-order chi connectivity index (χ0) is 14.1. The average molecular weight is 283 g/mol. The third-order valence-electron chi connectivity index (χ3n) is 3.17. The summed E-state index contributed by atoms with van der Waals surface area (Å²) in [7, 11) is 0. The fourth-order valence-electron chi connectivity index (χ4n) is 2.13. The summed E-state index contributed by atoms with van der Waals surface area (Å²) in [6.45, 7) is 4.06. The van der Waals surface area contributed by atoms with E-state index >= 15 is 0 Å². The Hall–Kier alpha value is -2.00. The van der Waals surface area contributed by atoms with Crippen molar-refractivity contribution >= 4 is 11.3 Å². The Morgan fingerprint density at radius 1 is 0.850 bits per heavy atom. The van der Waals surface area contributed by atoms with Gasteiger partial charge < -0.3 is 0 Å². The number of nitrogens with zero attached hydrogens (tertiary/aromatic N) is 1. The molecule has 0 bridgehead atoms. The zero-order valence-electron chi connectivity index (χ0n) is 11.4. The maximum Gasteiger partial charge on any atom is 0.123 e. The summed E-state index contributed by atoms with van der Waals surface area (Å²) in [5.74, 6) is -0.216. The molecule has 0 saturated heterocycles. The van der Waals surface area contributed by atoms with E-state index in [1.165, 1.54) is 17.7 Å². The minimum atomic E-state index is -0.216. The predicted molar refractivity (Wildman–Crippen MR) is 82.4 cm³/mol. The lowest BCUT2D eigenvalue weighted by Gasteiger charge is -2.03. The molecule has 3 rings (SSSR count). The molecule has 0 aliphatic rings. The highest BCUT2D eigenvalue weighted by Crippen LogP contribution is 2.36. The van der Waals surface area contributed by atoms with Crippen LogP contribution in [0.25, 0.3) is 21.7 Å². The van der Waals surface area contributed by atoms with Crippen LogP contribution in [0.15, 0.2) is 48.5 Å². The summed E-state index contributed by atoms with van der Waals surface area (Å²) in [6, 6.07) is 14.9. The zero-order valence-corrected chi connectivity index (χ0v) is 12.2. The predicted octanol–water partition coefficient (Wildman–Crippen LogP) is 5.23. The highest BCUT2D eigenvalue weighted by molar-refractivity contribution is 7.15. The van der Waals surface area contributed by atoms with Crippen molar-refractivity contribution in [1.29, 1.82) is 0 Å². The quantitative estimate of drug-likeness (QED) is 0.627. The summed E-state index contributed by atoms with van der Waals surface area (Å²) in [5, 5.41) is 1.01. The Kier molecular flexibility index (Phi) is 3.36. The highest BCUT2D eigenvalue weighted by Gasteiger charge is 2.13. The molecule has 0 unspecified atom stereocenters. The fourth-order valence-corrected chi connectivity index (χ4v) is 3.08. The molecule has 3 heteroatoms. The first kappa shape index (κ1) is 13.0. The maximum absolute atomic E-state index is 13.1. The van der Waals surface area contributed by atoms with Gasteiger partial charge in [-0.05, 0) is 31.5 Å². The Labute approximate surface area is 121 Å². The van der Waals surface area contributed by atoms with E-state index in [-0.39, 0.29) is 5.82 Å². The monoisotopic (exact) mass is 283 g/mol. The lowest BCUT2D eigenvalue weighted by Crippen LogP contribution is -1.83.